The van der Waals surface area contributed by atoms with E-state index in [4.69, 9.17) is 5.11 Å². The Bertz CT molecular complexity index is 15.0. The Morgan fingerprint density at radius 3 is 2.00 bits per heavy atom. The van der Waals surface area contributed by atoms with E-state index in [1.807, 2.05) is 0 Å². The van der Waals surface area contributed by atoms with Crippen molar-refractivity contribution in [2.24, 2.45) is 0 Å². The normalized spacial score (nSPS) is 7.00. The van der Waals surface area contributed by atoms with Gasteiger partial charge >= 0.3 is 17.1 Å². The molecule has 0 aliphatic carbocycles. The number of unbranched alkanes of at least 4 members (excludes halogenated alkanes) is 1. The Morgan fingerprint density at radius 2 is 2.00 bits per heavy atom. The number of aliphatic hydroxyl groups excluding tert-OH is 1. The molecule has 0 fully saturated rings. The van der Waals surface area contributed by atoms with Crippen LogP contribution >= 0.6 is 0 Å². The second-order valence-electron chi connectivity index (χ2n) is 1.08. The van der Waals surface area contributed by atoms with Gasteiger partial charge in [0, 0.05) is 6.61 Å². The molecule has 0 saturated heterocycles. The molecule has 0 unspecified atom stereocenters. The van der Waals surface area contributed by atoms with Crippen LogP contribution < -0.4 is 0 Å². The molecular weight excluding hydrogens is 128 g/mol. The van der Waals surface area contributed by atoms with E-state index < -0.39 is 0 Å². The molecule has 42 valence electrons. The number of hydrogen-bond donors (Lipinski definition) is 1. The van der Waals surface area contributed by atoms with Crippen molar-refractivity contribution in [2.75, 3.05) is 6.61 Å². The molecule has 0 saturated carbocycles. The average Bonchev–Trinajstić information content (AvgIpc) is 1.41. The largest absolute Gasteiger partial charge is 1.00 e. The molecule has 0 aliphatic rings. The van der Waals surface area contributed by atoms with Gasteiger partial charge in [-0.15, -0.1) is 0 Å². The van der Waals surface area contributed by atoms with Crippen molar-refractivity contribution in [1.29, 1.82) is 0 Å². The standard InChI is InChI=1S/C4H10O.Cu/c1-2-3-4-5;/h5H,2-4H2,1H3;/q;+1. The molecule has 0 bridgehead atoms. The maximum atomic E-state index is 8.07. The number of aliphatic hydroxyl groups is 1. The summed E-state index contributed by atoms with van der Waals surface area (Å²) in [5, 5.41) is 8.07. The van der Waals surface area contributed by atoms with Gasteiger partial charge < -0.3 is 5.11 Å². The molecule has 0 radical (unpaired) electrons. The van der Waals surface area contributed by atoms with E-state index in [0.717, 1.165) is 12.8 Å². The molecular formula is C4H10CuO+. The first kappa shape index (κ1) is 9.70. The molecule has 1 N–H and O–H groups in total. The van der Waals surface area contributed by atoms with Gasteiger partial charge in [-0.3, -0.25) is 0 Å². The van der Waals surface area contributed by atoms with Crippen LogP contribution in [0.2, 0.25) is 0 Å². The fraction of sp³-hybridized carbons (Fsp3) is 1.00. The van der Waals surface area contributed by atoms with Crippen LogP contribution in [0, 0.1) is 0 Å². The second-order valence-corrected chi connectivity index (χ2v) is 1.08. The van der Waals surface area contributed by atoms with Gasteiger partial charge in [-0.05, 0) is 6.42 Å². The number of hydrogen-bond acceptors (Lipinski definition) is 1. The molecule has 0 aromatic rings. The van der Waals surface area contributed by atoms with Crippen LogP contribution in [-0.4, -0.2) is 11.7 Å². The minimum absolute atomic E-state index is 0. The summed E-state index contributed by atoms with van der Waals surface area (Å²) in [7, 11) is 0. The third kappa shape index (κ3) is 8.82. The molecule has 0 rings (SSSR count). The van der Waals surface area contributed by atoms with E-state index in [9.17, 15) is 0 Å². The van der Waals surface area contributed by atoms with Crippen molar-refractivity contribution < 1.29 is 22.2 Å². The third-order valence-electron chi connectivity index (χ3n) is 0.512. The van der Waals surface area contributed by atoms with E-state index in [1.54, 1.807) is 0 Å². The molecule has 0 aromatic carbocycles. The summed E-state index contributed by atoms with van der Waals surface area (Å²) >= 11 is 0. The summed E-state index contributed by atoms with van der Waals surface area (Å²) < 4.78 is 0. The first-order valence-electron chi connectivity index (χ1n) is 2.02. The maximum Gasteiger partial charge on any atom is 1.00 e. The predicted octanol–water partition coefficient (Wildman–Crippen LogP) is 0.776. The van der Waals surface area contributed by atoms with E-state index >= 15 is 0 Å². The molecule has 6 heavy (non-hydrogen) atoms. The van der Waals surface area contributed by atoms with E-state index in [2.05, 4.69) is 6.92 Å². The van der Waals surface area contributed by atoms with Crippen LogP contribution in [0.25, 0.3) is 0 Å². The Morgan fingerprint density at radius 1 is 1.50 bits per heavy atom. The van der Waals surface area contributed by atoms with Crippen molar-refractivity contribution in [1.82, 2.24) is 0 Å². The molecule has 0 spiro atoms. The van der Waals surface area contributed by atoms with Crippen LogP contribution in [-0.2, 0) is 17.1 Å². The quantitative estimate of drug-likeness (QED) is 0.558. The van der Waals surface area contributed by atoms with Crippen molar-refractivity contribution in [2.45, 2.75) is 19.8 Å². The third-order valence-corrected chi connectivity index (χ3v) is 0.512. The molecule has 0 heterocycles. The van der Waals surface area contributed by atoms with E-state index in [0.29, 0.717) is 6.61 Å². The minimum Gasteiger partial charge on any atom is -0.396 e. The van der Waals surface area contributed by atoms with Gasteiger partial charge in [0.05, 0.1) is 0 Å². The zero-order valence-electron chi connectivity index (χ0n) is 3.87. The SMILES string of the molecule is CCCCO.[Cu+]. The Kier molecular flexibility index (Phi) is 14.7. The van der Waals surface area contributed by atoms with Crippen molar-refractivity contribution in [3.05, 3.63) is 0 Å². The minimum atomic E-state index is 0. The zero-order chi connectivity index (χ0) is 4.12. The Hall–Kier alpha value is 0.479. The molecule has 0 amide bonds. The van der Waals surface area contributed by atoms with Crippen LogP contribution in [0.5, 0.6) is 0 Å². The van der Waals surface area contributed by atoms with Gasteiger partial charge in [-0.25, -0.2) is 0 Å². The van der Waals surface area contributed by atoms with Crippen molar-refractivity contribution >= 4 is 0 Å². The zero-order valence-corrected chi connectivity index (χ0v) is 4.81. The fourth-order valence-corrected chi connectivity index (χ4v) is 0.158. The van der Waals surface area contributed by atoms with Crippen LogP contribution in [0.3, 0.4) is 0 Å². The van der Waals surface area contributed by atoms with Crippen LogP contribution in [0.15, 0.2) is 0 Å². The first-order chi connectivity index (χ1) is 2.41. The van der Waals surface area contributed by atoms with Crippen molar-refractivity contribution in [3.63, 3.8) is 0 Å². The van der Waals surface area contributed by atoms with E-state index in [1.165, 1.54) is 0 Å². The summed E-state index contributed by atoms with van der Waals surface area (Å²) in [5.74, 6) is 0. The monoisotopic (exact) mass is 137 g/mol. The summed E-state index contributed by atoms with van der Waals surface area (Å²) in [6, 6.07) is 0. The van der Waals surface area contributed by atoms with Crippen LogP contribution in [0.4, 0.5) is 0 Å². The van der Waals surface area contributed by atoms with Gasteiger partial charge in [0.15, 0.2) is 0 Å². The molecule has 0 atom stereocenters. The summed E-state index contributed by atoms with van der Waals surface area (Å²) in [6.07, 6.45) is 2.04. The number of rotatable bonds is 2. The van der Waals surface area contributed by atoms with E-state index in [-0.39, 0.29) is 17.1 Å². The smallest absolute Gasteiger partial charge is 0.396 e. The Balaban J connectivity index is 0. The molecule has 2 heteroatoms. The molecule has 0 aromatic heterocycles. The van der Waals surface area contributed by atoms with Gasteiger partial charge in [-0.1, -0.05) is 13.3 Å². The predicted molar refractivity (Wildman–Crippen MR) is 22.0 cm³/mol. The maximum absolute atomic E-state index is 8.07. The second kappa shape index (κ2) is 9.08. The Labute approximate surface area is 49.2 Å². The molecule has 1 nitrogen and oxygen atoms in total. The fourth-order valence-electron chi connectivity index (χ4n) is 0.158. The van der Waals surface area contributed by atoms with Gasteiger partial charge in [0.2, 0.25) is 0 Å². The van der Waals surface area contributed by atoms with Crippen molar-refractivity contribution in [3.8, 4) is 0 Å². The molecule has 0 aliphatic heterocycles. The van der Waals surface area contributed by atoms with Gasteiger partial charge in [0.25, 0.3) is 0 Å². The van der Waals surface area contributed by atoms with Gasteiger partial charge in [-0.2, -0.15) is 0 Å². The summed E-state index contributed by atoms with van der Waals surface area (Å²) in [4.78, 5) is 0. The van der Waals surface area contributed by atoms with Gasteiger partial charge in [0.1, 0.15) is 0 Å². The summed E-state index contributed by atoms with van der Waals surface area (Å²) in [6.45, 7) is 2.40. The van der Waals surface area contributed by atoms with Crippen LogP contribution in [0.1, 0.15) is 19.8 Å². The average molecular weight is 138 g/mol. The first-order valence-corrected chi connectivity index (χ1v) is 2.02. The summed E-state index contributed by atoms with van der Waals surface area (Å²) in [5.41, 5.74) is 0. The topological polar surface area (TPSA) is 20.2 Å².